The van der Waals surface area contributed by atoms with Crippen LogP contribution in [0, 0.1) is 0 Å². The SMILES string of the molecule is CCc1cnc(C(C)Nc2cncc(OC(C)C)n2)s1. The van der Waals surface area contributed by atoms with E-state index in [1.54, 1.807) is 23.7 Å². The molecule has 0 saturated carbocycles. The Bertz CT molecular complexity index is 556. The van der Waals surface area contributed by atoms with Crippen LogP contribution in [0.4, 0.5) is 5.82 Å². The van der Waals surface area contributed by atoms with Crippen LogP contribution in [-0.4, -0.2) is 21.1 Å². The summed E-state index contributed by atoms with van der Waals surface area (Å²) in [6, 6.07) is 0.101. The third kappa shape index (κ3) is 3.90. The number of ether oxygens (including phenoxy) is 1. The second-order valence-corrected chi connectivity index (χ2v) is 5.94. The highest BCUT2D eigenvalue weighted by Crippen LogP contribution is 2.23. The van der Waals surface area contributed by atoms with Gasteiger partial charge in [-0.05, 0) is 27.2 Å². The van der Waals surface area contributed by atoms with Gasteiger partial charge in [-0.15, -0.1) is 11.3 Å². The van der Waals surface area contributed by atoms with Crippen LogP contribution >= 0.6 is 11.3 Å². The van der Waals surface area contributed by atoms with Crippen LogP contribution in [0.3, 0.4) is 0 Å². The summed E-state index contributed by atoms with van der Waals surface area (Å²) >= 11 is 1.72. The minimum absolute atomic E-state index is 0.0862. The van der Waals surface area contributed by atoms with Crippen molar-refractivity contribution in [2.24, 2.45) is 0 Å². The maximum Gasteiger partial charge on any atom is 0.234 e. The van der Waals surface area contributed by atoms with E-state index in [0.29, 0.717) is 11.7 Å². The predicted molar refractivity (Wildman–Crippen MR) is 81.3 cm³/mol. The molecule has 0 aromatic carbocycles. The van der Waals surface area contributed by atoms with E-state index in [0.717, 1.165) is 11.4 Å². The average molecular weight is 292 g/mol. The first-order valence-corrected chi connectivity index (χ1v) is 7.60. The summed E-state index contributed by atoms with van der Waals surface area (Å²) in [6.45, 7) is 8.13. The lowest BCUT2D eigenvalue weighted by molar-refractivity contribution is 0.232. The normalized spacial score (nSPS) is 12.4. The van der Waals surface area contributed by atoms with Crippen molar-refractivity contribution >= 4 is 17.2 Å². The molecule has 0 spiro atoms. The summed E-state index contributed by atoms with van der Waals surface area (Å²) in [5, 5.41) is 4.36. The molecule has 6 heteroatoms. The molecule has 2 aromatic rings. The first-order chi connectivity index (χ1) is 9.58. The standard InChI is InChI=1S/C14H20N4OS/c1-5-11-6-16-14(20-11)10(4)17-12-7-15-8-13(18-12)19-9(2)3/h6-10H,5H2,1-4H3,(H,17,18). The molecule has 2 heterocycles. The maximum atomic E-state index is 5.54. The number of aromatic nitrogens is 3. The minimum atomic E-state index is 0.0862. The first-order valence-electron chi connectivity index (χ1n) is 6.78. The van der Waals surface area contributed by atoms with Crippen molar-refractivity contribution in [2.45, 2.75) is 46.3 Å². The van der Waals surface area contributed by atoms with Crippen molar-refractivity contribution in [1.29, 1.82) is 0 Å². The Labute approximate surface area is 123 Å². The Kier molecular flexibility index (Phi) is 4.89. The monoisotopic (exact) mass is 292 g/mol. The van der Waals surface area contributed by atoms with E-state index in [9.17, 15) is 0 Å². The number of hydrogen-bond acceptors (Lipinski definition) is 6. The molecular formula is C14H20N4OS. The highest BCUT2D eigenvalue weighted by atomic mass is 32.1. The van der Waals surface area contributed by atoms with Crippen molar-refractivity contribution in [3.63, 3.8) is 0 Å². The van der Waals surface area contributed by atoms with Gasteiger partial charge in [-0.25, -0.2) is 4.98 Å². The number of nitrogens with one attached hydrogen (secondary N) is 1. The summed E-state index contributed by atoms with van der Waals surface area (Å²) in [5.41, 5.74) is 0. The Balaban J connectivity index is 2.05. The van der Waals surface area contributed by atoms with E-state index in [1.165, 1.54) is 4.88 Å². The Morgan fingerprint density at radius 3 is 2.70 bits per heavy atom. The largest absolute Gasteiger partial charge is 0.474 e. The van der Waals surface area contributed by atoms with Gasteiger partial charge in [0.05, 0.1) is 24.5 Å². The van der Waals surface area contributed by atoms with Gasteiger partial charge in [-0.2, -0.15) is 4.98 Å². The molecule has 2 aromatic heterocycles. The number of rotatable bonds is 6. The van der Waals surface area contributed by atoms with Gasteiger partial charge in [0, 0.05) is 11.1 Å². The molecule has 0 amide bonds. The molecule has 0 aliphatic rings. The highest BCUT2D eigenvalue weighted by molar-refractivity contribution is 7.11. The molecule has 1 atom stereocenters. The van der Waals surface area contributed by atoms with Crippen LogP contribution in [-0.2, 0) is 6.42 Å². The summed E-state index contributed by atoms with van der Waals surface area (Å²) in [4.78, 5) is 14.2. The molecule has 1 N–H and O–H groups in total. The lowest BCUT2D eigenvalue weighted by Gasteiger charge is -2.13. The summed E-state index contributed by atoms with van der Waals surface area (Å²) in [5.74, 6) is 1.23. The van der Waals surface area contributed by atoms with Gasteiger partial charge < -0.3 is 10.1 Å². The third-order valence-electron chi connectivity index (χ3n) is 2.62. The molecule has 0 radical (unpaired) electrons. The van der Waals surface area contributed by atoms with Crippen LogP contribution in [0.25, 0.3) is 0 Å². The second kappa shape index (κ2) is 6.65. The fourth-order valence-corrected chi connectivity index (χ4v) is 2.55. The van der Waals surface area contributed by atoms with E-state index in [-0.39, 0.29) is 12.1 Å². The Morgan fingerprint density at radius 1 is 1.25 bits per heavy atom. The highest BCUT2D eigenvalue weighted by Gasteiger charge is 2.11. The first kappa shape index (κ1) is 14.7. The Morgan fingerprint density at radius 2 is 2.05 bits per heavy atom. The topological polar surface area (TPSA) is 59.9 Å². The molecule has 0 fully saturated rings. The third-order valence-corrected chi connectivity index (χ3v) is 3.95. The van der Waals surface area contributed by atoms with E-state index < -0.39 is 0 Å². The lowest BCUT2D eigenvalue weighted by atomic mass is 10.3. The number of thiazole rings is 1. The van der Waals surface area contributed by atoms with Crippen LogP contribution in [0.2, 0.25) is 0 Å². The molecule has 0 bridgehead atoms. The van der Waals surface area contributed by atoms with Crippen molar-refractivity contribution in [1.82, 2.24) is 15.0 Å². The van der Waals surface area contributed by atoms with Crippen molar-refractivity contribution < 1.29 is 4.74 Å². The average Bonchev–Trinajstić information content (AvgIpc) is 2.87. The molecule has 1 unspecified atom stereocenters. The van der Waals surface area contributed by atoms with E-state index in [4.69, 9.17) is 4.74 Å². The molecule has 108 valence electrons. The van der Waals surface area contributed by atoms with Crippen LogP contribution in [0.15, 0.2) is 18.6 Å². The van der Waals surface area contributed by atoms with Gasteiger partial charge in [0.15, 0.2) is 0 Å². The van der Waals surface area contributed by atoms with Crippen molar-refractivity contribution in [3.05, 3.63) is 28.5 Å². The summed E-state index contributed by atoms with van der Waals surface area (Å²) in [6.07, 6.45) is 6.35. The van der Waals surface area contributed by atoms with Crippen molar-refractivity contribution in [3.8, 4) is 5.88 Å². The van der Waals surface area contributed by atoms with Gasteiger partial charge >= 0.3 is 0 Å². The van der Waals surface area contributed by atoms with Crippen molar-refractivity contribution in [2.75, 3.05) is 5.32 Å². The zero-order valence-electron chi connectivity index (χ0n) is 12.3. The quantitative estimate of drug-likeness (QED) is 0.883. The van der Waals surface area contributed by atoms with Gasteiger partial charge in [-0.1, -0.05) is 6.92 Å². The van der Waals surface area contributed by atoms with E-state index >= 15 is 0 Å². The van der Waals surface area contributed by atoms with Gasteiger partial charge in [-0.3, -0.25) is 4.98 Å². The van der Waals surface area contributed by atoms with Crippen LogP contribution < -0.4 is 10.1 Å². The number of hydrogen-bond donors (Lipinski definition) is 1. The van der Waals surface area contributed by atoms with E-state index in [2.05, 4.69) is 34.1 Å². The molecule has 5 nitrogen and oxygen atoms in total. The second-order valence-electron chi connectivity index (χ2n) is 4.79. The lowest BCUT2D eigenvalue weighted by Crippen LogP contribution is -2.11. The van der Waals surface area contributed by atoms with Gasteiger partial charge in [0.25, 0.3) is 0 Å². The number of nitrogens with zero attached hydrogens (tertiary/aromatic N) is 3. The maximum absolute atomic E-state index is 5.54. The van der Waals surface area contributed by atoms with Crippen LogP contribution in [0.1, 0.15) is 43.6 Å². The fraction of sp³-hybridized carbons (Fsp3) is 0.500. The molecule has 20 heavy (non-hydrogen) atoms. The summed E-state index contributed by atoms with van der Waals surface area (Å²) in [7, 11) is 0. The van der Waals surface area contributed by atoms with E-state index in [1.807, 2.05) is 20.0 Å². The fourth-order valence-electron chi connectivity index (χ4n) is 1.69. The van der Waals surface area contributed by atoms with Crippen LogP contribution in [0.5, 0.6) is 5.88 Å². The number of aryl methyl sites for hydroxylation is 1. The zero-order chi connectivity index (χ0) is 14.5. The molecule has 0 aliphatic carbocycles. The number of anilines is 1. The molecular weight excluding hydrogens is 272 g/mol. The van der Waals surface area contributed by atoms with Gasteiger partial charge in [0.1, 0.15) is 10.8 Å². The smallest absolute Gasteiger partial charge is 0.234 e. The zero-order valence-corrected chi connectivity index (χ0v) is 13.1. The molecule has 0 aliphatic heterocycles. The van der Waals surface area contributed by atoms with Gasteiger partial charge in [0.2, 0.25) is 5.88 Å². The summed E-state index contributed by atoms with van der Waals surface area (Å²) < 4.78 is 5.54. The molecule has 0 saturated heterocycles. The Hall–Kier alpha value is -1.69. The minimum Gasteiger partial charge on any atom is -0.474 e. The predicted octanol–water partition coefficient (Wildman–Crippen LogP) is 3.46. The molecule has 2 rings (SSSR count).